The smallest absolute Gasteiger partial charge is 0.312 e. The van der Waals surface area contributed by atoms with Crippen LogP contribution in [0.1, 0.15) is 116 Å². The zero-order chi connectivity index (χ0) is 47.0. The predicted octanol–water partition coefficient (Wildman–Crippen LogP) is 8.63. The van der Waals surface area contributed by atoms with Crippen molar-refractivity contribution in [3.63, 3.8) is 0 Å². The highest BCUT2D eigenvalue weighted by Crippen LogP contribution is 2.48. The Bertz CT molecular complexity index is 2170. The number of anilines is 1. The van der Waals surface area contributed by atoms with Gasteiger partial charge in [0.1, 0.15) is 23.5 Å². The maximum absolute atomic E-state index is 13.8. The van der Waals surface area contributed by atoms with Crippen LogP contribution in [0.15, 0.2) is 96.6 Å². The molecule has 0 saturated carbocycles. The van der Waals surface area contributed by atoms with Gasteiger partial charge in [-0.15, -0.1) is 0 Å². The molecule has 10 atom stereocenters. The van der Waals surface area contributed by atoms with Crippen LogP contribution < -0.4 is 15.0 Å². The molecular formula is C52H64F2N2O9. The molecule has 3 aromatic carbocycles. The van der Waals surface area contributed by atoms with E-state index in [0.717, 1.165) is 17.6 Å². The van der Waals surface area contributed by atoms with Crippen molar-refractivity contribution >= 4 is 29.4 Å². The average Bonchev–Trinajstić information content (AvgIpc) is 3.26. The fourth-order valence-corrected chi connectivity index (χ4v) is 9.36. The van der Waals surface area contributed by atoms with Gasteiger partial charge in [0.2, 0.25) is 11.8 Å². The highest BCUT2D eigenvalue weighted by Gasteiger charge is 2.48. The van der Waals surface area contributed by atoms with Gasteiger partial charge in [0.05, 0.1) is 48.5 Å². The van der Waals surface area contributed by atoms with Gasteiger partial charge >= 0.3 is 11.9 Å². The molecule has 350 valence electrons. The molecule has 3 aliphatic rings. The fraction of sp³-hybridized carbons (Fsp3) is 0.500. The molecule has 2 amide bonds. The summed E-state index contributed by atoms with van der Waals surface area (Å²) in [7, 11) is 0. The van der Waals surface area contributed by atoms with E-state index >= 15 is 0 Å². The SMILES string of the molecule is CCC(C)(C)C(=O)O[C@H]1C[C@@H](C)C=C2C=C[C@H](C)[C@H](CC[C@@H](O)C[C@@H](O)CC(=O)NCCC(=O)Oc3ccc([C@@H]4[C@@H](CC[C@H](O)c5ccc(F)cc5)C(=O)N4c4ccc(F)cc4)cc3)[C@H]21. The number of fused-ring (bicyclic) bond motifs is 1. The first-order valence-corrected chi connectivity index (χ1v) is 23.0. The summed E-state index contributed by atoms with van der Waals surface area (Å²) in [6.45, 7) is 10.0. The van der Waals surface area contributed by atoms with Crippen molar-refractivity contribution in [3.05, 3.63) is 119 Å². The number of aliphatic hydroxyl groups is 3. The molecule has 3 aromatic rings. The van der Waals surface area contributed by atoms with Crippen LogP contribution in [0.25, 0.3) is 0 Å². The van der Waals surface area contributed by atoms with E-state index in [-0.39, 0.29) is 79.6 Å². The minimum Gasteiger partial charge on any atom is -0.461 e. The van der Waals surface area contributed by atoms with Crippen molar-refractivity contribution in [2.24, 2.45) is 35.0 Å². The quantitative estimate of drug-likeness (QED) is 0.0494. The Hall–Kier alpha value is -5.24. The number of aliphatic hydroxyl groups excluding tert-OH is 3. The number of rotatable bonds is 20. The second-order valence-corrected chi connectivity index (χ2v) is 18.8. The number of hydrogen-bond acceptors (Lipinski definition) is 9. The largest absolute Gasteiger partial charge is 0.461 e. The van der Waals surface area contributed by atoms with Crippen LogP contribution in [0.2, 0.25) is 0 Å². The van der Waals surface area contributed by atoms with Gasteiger partial charge in [0, 0.05) is 18.2 Å². The van der Waals surface area contributed by atoms with Gasteiger partial charge in [0.15, 0.2) is 0 Å². The van der Waals surface area contributed by atoms with Crippen molar-refractivity contribution in [1.29, 1.82) is 0 Å². The van der Waals surface area contributed by atoms with Crippen LogP contribution >= 0.6 is 0 Å². The first-order valence-electron chi connectivity index (χ1n) is 23.0. The molecule has 1 saturated heterocycles. The van der Waals surface area contributed by atoms with Crippen LogP contribution in [-0.4, -0.2) is 63.9 Å². The molecule has 13 heteroatoms. The Morgan fingerprint density at radius 2 is 1.55 bits per heavy atom. The Morgan fingerprint density at radius 3 is 2.22 bits per heavy atom. The number of esters is 2. The molecule has 1 heterocycles. The number of hydrogen-bond donors (Lipinski definition) is 4. The number of benzene rings is 3. The van der Waals surface area contributed by atoms with Crippen molar-refractivity contribution < 1.29 is 52.8 Å². The normalized spacial score (nSPS) is 24.2. The molecular weight excluding hydrogens is 835 g/mol. The van der Waals surface area contributed by atoms with Gasteiger partial charge in [0.25, 0.3) is 0 Å². The molecule has 1 aliphatic heterocycles. The number of nitrogens with one attached hydrogen (secondary N) is 1. The lowest BCUT2D eigenvalue weighted by atomic mass is 9.65. The number of amides is 2. The highest BCUT2D eigenvalue weighted by molar-refractivity contribution is 6.03. The lowest BCUT2D eigenvalue weighted by molar-refractivity contribution is -0.164. The number of allylic oxidation sites excluding steroid dienone is 3. The highest BCUT2D eigenvalue weighted by atomic mass is 19.1. The summed E-state index contributed by atoms with van der Waals surface area (Å²) in [6.07, 6.45) is 6.11. The third-order valence-electron chi connectivity index (χ3n) is 13.5. The summed E-state index contributed by atoms with van der Waals surface area (Å²) < 4.78 is 38.9. The van der Waals surface area contributed by atoms with Crippen LogP contribution in [0.3, 0.4) is 0 Å². The molecule has 0 unspecified atom stereocenters. The molecule has 0 aromatic heterocycles. The van der Waals surface area contributed by atoms with E-state index in [1.807, 2.05) is 20.8 Å². The lowest BCUT2D eigenvalue weighted by Crippen LogP contribution is -2.55. The first kappa shape index (κ1) is 49.2. The van der Waals surface area contributed by atoms with Crippen LogP contribution in [0.4, 0.5) is 14.5 Å². The van der Waals surface area contributed by atoms with E-state index in [4.69, 9.17) is 9.47 Å². The van der Waals surface area contributed by atoms with Crippen molar-refractivity contribution in [2.45, 2.75) is 123 Å². The number of carbonyl (C=O) groups excluding carboxylic acids is 4. The molecule has 2 aliphatic carbocycles. The Balaban J connectivity index is 0.949. The molecule has 1 fully saturated rings. The minimum absolute atomic E-state index is 0.00523. The summed E-state index contributed by atoms with van der Waals surface area (Å²) in [6, 6.07) is 17.4. The molecule has 11 nitrogen and oxygen atoms in total. The monoisotopic (exact) mass is 898 g/mol. The third kappa shape index (κ3) is 12.6. The van der Waals surface area contributed by atoms with Crippen molar-refractivity contribution in [1.82, 2.24) is 5.32 Å². The summed E-state index contributed by atoms with van der Waals surface area (Å²) in [5.41, 5.74) is 2.36. The van der Waals surface area contributed by atoms with Gasteiger partial charge in [-0.3, -0.25) is 19.2 Å². The number of halogens is 2. The maximum Gasteiger partial charge on any atom is 0.312 e. The molecule has 0 bridgehead atoms. The lowest BCUT2D eigenvalue weighted by Gasteiger charge is -2.48. The average molecular weight is 899 g/mol. The standard InChI is InChI=1S/C52H64F2N2O9/c1-6-52(4,5)51(63)65-45-28-31(2)27-35-8-7-32(3)42(48(35)45)22-19-39(57)29-40(58)30-46(60)55-26-25-47(61)64-41-20-11-34(12-21-41)49-43(23-24-44(59)33-9-13-36(53)14-10-33)50(62)56(49)38-17-15-37(54)16-18-38/h7-18,20-21,27,31-32,39-40,42-45,48-49,57-59H,6,19,22-26,28-30H2,1-5H3,(H,55,60)/t31-,32-,39+,40+,42-,43+,44-,45-,48-,49+/m0/s1. The summed E-state index contributed by atoms with van der Waals surface area (Å²) in [5, 5.41) is 35.1. The van der Waals surface area contributed by atoms with Crippen molar-refractivity contribution in [3.8, 4) is 5.75 Å². The molecule has 0 spiro atoms. The zero-order valence-corrected chi connectivity index (χ0v) is 38.0. The van der Waals surface area contributed by atoms with Crippen LogP contribution in [0, 0.1) is 46.6 Å². The maximum atomic E-state index is 13.8. The second kappa shape index (κ2) is 21.8. The molecule has 4 N–H and O–H groups in total. The summed E-state index contributed by atoms with van der Waals surface area (Å²) in [5.74, 6) is -1.98. The van der Waals surface area contributed by atoms with Gasteiger partial charge in [-0.1, -0.05) is 63.3 Å². The Labute approximate surface area is 380 Å². The van der Waals surface area contributed by atoms with E-state index < -0.39 is 59.2 Å². The van der Waals surface area contributed by atoms with E-state index in [1.165, 1.54) is 48.5 Å². The summed E-state index contributed by atoms with van der Waals surface area (Å²) in [4.78, 5) is 53.6. The topological polar surface area (TPSA) is 163 Å². The number of carbonyl (C=O) groups is 4. The number of β-lactam (4-membered cyclic amide) rings is 1. The van der Waals surface area contributed by atoms with Gasteiger partial charge < -0.3 is 35.0 Å². The minimum atomic E-state index is -1.10. The molecule has 65 heavy (non-hydrogen) atoms. The third-order valence-corrected chi connectivity index (χ3v) is 13.5. The van der Waals surface area contributed by atoms with Gasteiger partial charge in [-0.2, -0.15) is 0 Å². The number of nitrogens with zero attached hydrogens (tertiary/aromatic N) is 1. The van der Waals surface area contributed by atoms with E-state index in [9.17, 15) is 43.3 Å². The Morgan fingerprint density at radius 1 is 0.892 bits per heavy atom. The fourth-order valence-electron chi connectivity index (χ4n) is 9.36. The van der Waals surface area contributed by atoms with E-state index in [2.05, 4.69) is 37.4 Å². The summed E-state index contributed by atoms with van der Waals surface area (Å²) >= 11 is 0. The van der Waals surface area contributed by atoms with E-state index in [1.54, 1.807) is 29.2 Å². The molecule has 0 radical (unpaired) electrons. The van der Waals surface area contributed by atoms with Crippen LogP contribution in [0.5, 0.6) is 5.75 Å². The van der Waals surface area contributed by atoms with Gasteiger partial charge in [-0.25, -0.2) is 8.78 Å². The van der Waals surface area contributed by atoms with Gasteiger partial charge in [-0.05, 0) is 142 Å². The predicted molar refractivity (Wildman–Crippen MR) is 242 cm³/mol. The second-order valence-electron chi connectivity index (χ2n) is 18.8. The van der Waals surface area contributed by atoms with E-state index in [0.29, 0.717) is 36.9 Å². The Kier molecular flexibility index (Phi) is 16.5. The van der Waals surface area contributed by atoms with Crippen LogP contribution in [-0.2, 0) is 23.9 Å². The molecule has 6 rings (SSSR count). The first-order chi connectivity index (χ1) is 30.9. The number of ether oxygens (including phenoxy) is 2. The van der Waals surface area contributed by atoms with Crippen molar-refractivity contribution in [2.75, 3.05) is 11.4 Å². The zero-order valence-electron chi connectivity index (χ0n) is 38.0.